The van der Waals surface area contributed by atoms with Crippen molar-refractivity contribution in [1.82, 2.24) is 15.5 Å². The van der Waals surface area contributed by atoms with Gasteiger partial charge in [0, 0.05) is 20.1 Å². The maximum Gasteiger partial charge on any atom is 0.190 e. The van der Waals surface area contributed by atoms with Gasteiger partial charge in [0.1, 0.15) is 0 Å². The molecule has 1 heterocycles. The Labute approximate surface area is 152 Å². The average Bonchev–Trinajstić information content (AvgIpc) is 2.64. The van der Waals surface area contributed by atoms with Crippen molar-refractivity contribution in [2.24, 2.45) is 16.8 Å². The molecule has 2 rings (SSSR count). The Bertz CT molecular complexity index is 498. The molecule has 1 fully saturated rings. The number of hydrogen-bond acceptors (Lipinski definition) is 3. The van der Waals surface area contributed by atoms with E-state index in [1.165, 1.54) is 31.5 Å². The van der Waals surface area contributed by atoms with Crippen LogP contribution in [-0.2, 0) is 11.3 Å². The molecule has 5 nitrogen and oxygen atoms in total. The molecule has 1 aliphatic heterocycles. The van der Waals surface area contributed by atoms with Gasteiger partial charge < -0.3 is 20.3 Å². The zero-order chi connectivity index (χ0) is 17.9. The summed E-state index contributed by atoms with van der Waals surface area (Å²) in [4.78, 5) is 6.73. The van der Waals surface area contributed by atoms with Crippen LogP contribution in [0.15, 0.2) is 35.3 Å². The Morgan fingerprint density at radius 1 is 1.24 bits per heavy atom. The Morgan fingerprint density at radius 2 is 1.96 bits per heavy atom. The van der Waals surface area contributed by atoms with Gasteiger partial charge in [-0.1, -0.05) is 37.3 Å². The molecule has 1 aliphatic rings. The van der Waals surface area contributed by atoms with Gasteiger partial charge in [0.2, 0.25) is 0 Å². The van der Waals surface area contributed by atoms with E-state index in [1.54, 1.807) is 0 Å². The third-order valence-electron chi connectivity index (χ3n) is 4.75. The van der Waals surface area contributed by atoms with Crippen LogP contribution in [0.1, 0.15) is 25.3 Å². The maximum atomic E-state index is 5.81. The minimum atomic E-state index is 0.436. The van der Waals surface area contributed by atoms with E-state index < -0.39 is 0 Å². The van der Waals surface area contributed by atoms with E-state index in [0.29, 0.717) is 12.5 Å². The SMILES string of the molecule is CN=C(NCC(C)COCc1ccccc1)NCC1CCN(C)CC1. The molecule has 1 atom stereocenters. The van der Waals surface area contributed by atoms with Crippen LogP contribution in [0, 0.1) is 11.8 Å². The fraction of sp³-hybridized carbons (Fsp3) is 0.650. The van der Waals surface area contributed by atoms with Crippen LogP contribution < -0.4 is 10.6 Å². The molecular weight excluding hydrogens is 312 g/mol. The lowest BCUT2D eigenvalue weighted by molar-refractivity contribution is 0.0931. The van der Waals surface area contributed by atoms with Gasteiger partial charge in [-0.05, 0) is 50.4 Å². The molecule has 1 aromatic rings. The molecule has 1 unspecified atom stereocenters. The van der Waals surface area contributed by atoms with E-state index in [9.17, 15) is 0 Å². The van der Waals surface area contributed by atoms with Gasteiger partial charge in [0.15, 0.2) is 5.96 Å². The number of hydrogen-bond donors (Lipinski definition) is 2. The predicted molar refractivity (Wildman–Crippen MR) is 105 cm³/mol. The minimum Gasteiger partial charge on any atom is -0.376 e. The molecule has 25 heavy (non-hydrogen) atoms. The minimum absolute atomic E-state index is 0.436. The quantitative estimate of drug-likeness (QED) is 0.560. The summed E-state index contributed by atoms with van der Waals surface area (Å²) >= 11 is 0. The number of aliphatic imine (C=N–C) groups is 1. The summed E-state index contributed by atoms with van der Waals surface area (Å²) < 4.78 is 5.81. The highest BCUT2D eigenvalue weighted by molar-refractivity contribution is 5.79. The highest BCUT2D eigenvalue weighted by Crippen LogP contribution is 2.14. The topological polar surface area (TPSA) is 48.9 Å². The molecule has 2 N–H and O–H groups in total. The number of rotatable bonds is 8. The van der Waals surface area contributed by atoms with Crippen LogP contribution in [0.5, 0.6) is 0 Å². The van der Waals surface area contributed by atoms with Gasteiger partial charge in [-0.3, -0.25) is 4.99 Å². The summed E-state index contributed by atoms with van der Waals surface area (Å²) in [7, 11) is 4.03. The smallest absolute Gasteiger partial charge is 0.190 e. The lowest BCUT2D eigenvalue weighted by Crippen LogP contribution is -2.43. The van der Waals surface area contributed by atoms with Crippen molar-refractivity contribution in [2.45, 2.75) is 26.4 Å². The first-order chi connectivity index (χ1) is 12.2. The summed E-state index contributed by atoms with van der Waals surface area (Å²) in [5.41, 5.74) is 1.22. The summed E-state index contributed by atoms with van der Waals surface area (Å²) in [6, 6.07) is 10.3. The highest BCUT2D eigenvalue weighted by Gasteiger charge is 2.16. The van der Waals surface area contributed by atoms with Crippen molar-refractivity contribution in [3.8, 4) is 0 Å². The van der Waals surface area contributed by atoms with Gasteiger partial charge >= 0.3 is 0 Å². The molecule has 1 aromatic carbocycles. The fourth-order valence-electron chi connectivity index (χ4n) is 3.01. The van der Waals surface area contributed by atoms with Crippen LogP contribution in [0.3, 0.4) is 0 Å². The predicted octanol–water partition coefficient (Wildman–Crippen LogP) is 2.35. The molecule has 0 amide bonds. The van der Waals surface area contributed by atoms with Crippen LogP contribution in [0.25, 0.3) is 0 Å². The number of benzene rings is 1. The lowest BCUT2D eigenvalue weighted by Gasteiger charge is -2.29. The maximum absolute atomic E-state index is 5.81. The van der Waals surface area contributed by atoms with E-state index in [1.807, 2.05) is 25.2 Å². The Balaban J connectivity index is 1.58. The Morgan fingerprint density at radius 3 is 2.64 bits per heavy atom. The summed E-state index contributed by atoms with van der Waals surface area (Å²) in [6.07, 6.45) is 2.54. The van der Waals surface area contributed by atoms with Gasteiger partial charge in [-0.2, -0.15) is 0 Å². The van der Waals surface area contributed by atoms with Gasteiger partial charge in [0.25, 0.3) is 0 Å². The second kappa shape index (κ2) is 11.1. The van der Waals surface area contributed by atoms with Crippen molar-refractivity contribution in [2.75, 3.05) is 46.9 Å². The molecule has 0 spiro atoms. The average molecular weight is 347 g/mol. The monoisotopic (exact) mass is 346 g/mol. The van der Waals surface area contributed by atoms with Gasteiger partial charge in [-0.15, -0.1) is 0 Å². The van der Waals surface area contributed by atoms with Crippen LogP contribution in [0.2, 0.25) is 0 Å². The van der Waals surface area contributed by atoms with E-state index in [4.69, 9.17) is 4.74 Å². The fourth-order valence-corrected chi connectivity index (χ4v) is 3.01. The number of guanidine groups is 1. The summed E-state index contributed by atoms with van der Waals surface area (Å²) in [5.74, 6) is 2.08. The number of nitrogens with zero attached hydrogens (tertiary/aromatic N) is 2. The number of ether oxygens (including phenoxy) is 1. The largest absolute Gasteiger partial charge is 0.376 e. The standard InChI is InChI=1S/C20H34N4O/c1-17(15-25-16-19-7-5-4-6-8-19)13-22-20(21-2)23-14-18-9-11-24(3)12-10-18/h4-8,17-18H,9-16H2,1-3H3,(H2,21,22,23). The lowest BCUT2D eigenvalue weighted by atomic mass is 9.97. The van der Waals surface area contributed by atoms with Crippen molar-refractivity contribution in [1.29, 1.82) is 0 Å². The molecule has 0 aliphatic carbocycles. The molecule has 1 saturated heterocycles. The first-order valence-corrected chi connectivity index (χ1v) is 9.42. The summed E-state index contributed by atoms with van der Waals surface area (Å²) in [5, 5.41) is 6.89. The molecular formula is C20H34N4O. The zero-order valence-electron chi connectivity index (χ0n) is 16.0. The normalized spacial score (nSPS) is 18.1. The molecule has 0 saturated carbocycles. The van der Waals surface area contributed by atoms with E-state index in [2.05, 4.69) is 46.6 Å². The third-order valence-corrected chi connectivity index (χ3v) is 4.75. The second-order valence-electron chi connectivity index (χ2n) is 7.19. The highest BCUT2D eigenvalue weighted by atomic mass is 16.5. The number of piperidine rings is 1. The van der Waals surface area contributed by atoms with Crippen LogP contribution in [-0.4, -0.2) is 57.7 Å². The third kappa shape index (κ3) is 7.88. The van der Waals surface area contributed by atoms with Gasteiger partial charge in [0.05, 0.1) is 13.2 Å². The molecule has 0 radical (unpaired) electrons. The second-order valence-corrected chi connectivity index (χ2v) is 7.19. The molecule has 5 heteroatoms. The van der Waals surface area contributed by atoms with E-state index in [-0.39, 0.29) is 0 Å². The number of nitrogens with one attached hydrogen (secondary N) is 2. The first-order valence-electron chi connectivity index (χ1n) is 9.42. The van der Waals surface area contributed by atoms with E-state index in [0.717, 1.165) is 31.6 Å². The zero-order valence-corrected chi connectivity index (χ0v) is 16.0. The Kier molecular flexibility index (Phi) is 8.77. The van der Waals surface area contributed by atoms with Crippen molar-refractivity contribution < 1.29 is 4.74 Å². The molecule has 0 bridgehead atoms. The van der Waals surface area contributed by atoms with Gasteiger partial charge in [-0.25, -0.2) is 0 Å². The van der Waals surface area contributed by atoms with Crippen LogP contribution >= 0.6 is 0 Å². The molecule has 140 valence electrons. The van der Waals surface area contributed by atoms with Crippen LogP contribution in [0.4, 0.5) is 0 Å². The Hall–Kier alpha value is -1.59. The van der Waals surface area contributed by atoms with Crippen molar-refractivity contribution in [3.63, 3.8) is 0 Å². The molecule has 0 aromatic heterocycles. The van der Waals surface area contributed by atoms with Crippen molar-refractivity contribution in [3.05, 3.63) is 35.9 Å². The van der Waals surface area contributed by atoms with Crippen molar-refractivity contribution >= 4 is 5.96 Å². The summed E-state index contributed by atoms with van der Waals surface area (Å²) in [6.45, 7) is 7.89. The van der Waals surface area contributed by atoms with E-state index >= 15 is 0 Å². The number of likely N-dealkylation sites (tertiary alicyclic amines) is 1. The first kappa shape index (κ1) is 19.7.